The molecule has 1 atom stereocenters. The third-order valence-corrected chi connectivity index (χ3v) is 4.03. The summed E-state index contributed by atoms with van der Waals surface area (Å²) < 4.78 is 0. The molecule has 0 aliphatic heterocycles. The van der Waals surface area contributed by atoms with Crippen LogP contribution in [0.15, 0.2) is 54.6 Å². The molecule has 3 N–H and O–H groups in total. The van der Waals surface area contributed by atoms with Gasteiger partial charge in [0.2, 0.25) is 5.91 Å². The first-order valence-electron chi connectivity index (χ1n) is 8.86. The van der Waals surface area contributed by atoms with Crippen molar-refractivity contribution in [1.29, 1.82) is 0 Å². The number of carbonyl (C=O) groups excluding carboxylic acids is 3. The zero-order valence-corrected chi connectivity index (χ0v) is 15.8. The lowest BCUT2D eigenvalue weighted by atomic mass is 10.0. The molecule has 0 saturated carbocycles. The molecule has 2 rings (SSSR count). The van der Waals surface area contributed by atoms with Crippen LogP contribution in [-0.2, 0) is 20.9 Å². The Balaban J connectivity index is 2.03. The standard InChI is InChI=1S/C21H25N3O3/c1-14(2)17-9-11-18(12-10-17)24-21(27)19(23-15(3)25)20(26)22-13-16-7-5-4-6-8-16/h4-12,14,19H,13H2,1-3H3,(H,22,26)(H,23,25)(H,24,27)/t19-/m1/s1. The van der Waals surface area contributed by atoms with Gasteiger partial charge in [0.1, 0.15) is 0 Å². The van der Waals surface area contributed by atoms with Crippen LogP contribution < -0.4 is 16.0 Å². The van der Waals surface area contributed by atoms with Crippen LogP contribution in [0.4, 0.5) is 5.69 Å². The van der Waals surface area contributed by atoms with Crippen LogP contribution in [0.5, 0.6) is 0 Å². The van der Waals surface area contributed by atoms with Crippen LogP contribution in [0.1, 0.15) is 37.8 Å². The molecular formula is C21H25N3O3. The summed E-state index contributed by atoms with van der Waals surface area (Å²) in [5, 5.41) is 7.76. The van der Waals surface area contributed by atoms with E-state index >= 15 is 0 Å². The van der Waals surface area contributed by atoms with Crippen molar-refractivity contribution in [3.05, 3.63) is 65.7 Å². The number of nitrogens with one attached hydrogen (secondary N) is 3. The molecular weight excluding hydrogens is 342 g/mol. The predicted octanol–water partition coefficient (Wildman–Crippen LogP) is 2.57. The molecule has 0 saturated heterocycles. The number of hydrogen-bond acceptors (Lipinski definition) is 3. The van der Waals surface area contributed by atoms with Crippen LogP contribution in [0.25, 0.3) is 0 Å². The molecule has 0 aliphatic rings. The van der Waals surface area contributed by atoms with Gasteiger partial charge in [0.05, 0.1) is 0 Å². The summed E-state index contributed by atoms with van der Waals surface area (Å²) in [6, 6.07) is 15.4. The van der Waals surface area contributed by atoms with E-state index in [4.69, 9.17) is 0 Å². The Morgan fingerprint density at radius 1 is 0.889 bits per heavy atom. The molecule has 0 aliphatic carbocycles. The Morgan fingerprint density at radius 3 is 2.07 bits per heavy atom. The minimum atomic E-state index is -1.31. The van der Waals surface area contributed by atoms with Crippen molar-refractivity contribution in [3.8, 4) is 0 Å². The van der Waals surface area contributed by atoms with Crippen LogP contribution in [0, 0.1) is 0 Å². The van der Waals surface area contributed by atoms with E-state index in [1.807, 2.05) is 42.5 Å². The molecule has 2 aromatic carbocycles. The van der Waals surface area contributed by atoms with E-state index < -0.39 is 23.8 Å². The van der Waals surface area contributed by atoms with Gasteiger partial charge >= 0.3 is 0 Å². The molecule has 0 radical (unpaired) electrons. The highest BCUT2D eigenvalue weighted by atomic mass is 16.2. The smallest absolute Gasteiger partial charge is 0.256 e. The summed E-state index contributed by atoms with van der Waals surface area (Å²) in [6.07, 6.45) is 0. The van der Waals surface area contributed by atoms with Crippen molar-refractivity contribution in [2.24, 2.45) is 0 Å². The lowest BCUT2D eigenvalue weighted by Gasteiger charge is -2.18. The third kappa shape index (κ3) is 6.26. The normalized spacial score (nSPS) is 11.6. The van der Waals surface area contributed by atoms with E-state index in [0.717, 1.165) is 11.1 Å². The fourth-order valence-corrected chi connectivity index (χ4v) is 2.51. The summed E-state index contributed by atoms with van der Waals surface area (Å²) in [6.45, 7) is 5.70. The Bertz CT molecular complexity index is 786. The maximum absolute atomic E-state index is 12.5. The molecule has 0 bridgehead atoms. The van der Waals surface area contributed by atoms with Gasteiger partial charge in [-0.05, 0) is 29.2 Å². The van der Waals surface area contributed by atoms with Gasteiger partial charge in [-0.25, -0.2) is 0 Å². The van der Waals surface area contributed by atoms with Gasteiger partial charge in [0.15, 0.2) is 6.04 Å². The summed E-state index contributed by atoms with van der Waals surface area (Å²) in [7, 11) is 0. The van der Waals surface area contributed by atoms with Gasteiger partial charge in [0, 0.05) is 19.2 Å². The molecule has 0 spiro atoms. The highest BCUT2D eigenvalue weighted by Gasteiger charge is 2.27. The molecule has 0 aromatic heterocycles. The van der Waals surface area contributed by atoms with Crippen LogP contribution in [0.2, 0.25) is 0 Å². The largest absolute Gasteiger partial charge is 0.350 e. The topological polar surface area (TPSA) is 87.3 Å². The van der Waals surface area contributed by atoms with Crippen molar-refractivity contribution < 1.29 is 14.4 Å². The van der Waals surface area contributed by atoms with Crippen molar-refractivity contribution in [2.45, 2.75) is 39.3 Å². The van der Waals surface area contributed by atoms with E-state index in [1.165, 1.54) is 6.92 Å². The van der Waals surface area contributed by atoms with Gasteiger partial charge in [0.25, 0.3) is 11.8 Å². The molecule has 0 heterocycles. The Kier molecular flexibility index (Phi) is 7.11. The molecule has 6 heteroatoms. The van der Waals surface area contributed by atoms with E-state index in [1.54, 1.807) is 12.1 Å². The van der Waals surface area contributed by atoms with Gasteiger partial charge < -0.3 is 16.0 Å². The van der Waals surface area contributed by atoms with E-state index in [0.29, 0.717) is 11.6 Å². The van der Waals surface area contributed by atoms with E-state index in [9.17, 15) is 14.4 Å². The minimum absolute atomic E-state index is 0.270. The first-order chi connectivity index (χ1) is 12.9. The molecule has 2 aromatic rings. The van der Waals surface area contributed by atoms with Crippen molar-refractivity contribution in [1.82, 2.24) is 10.6 Å². The quantitative estimate of drug-likeness (QED) is 0.657. The summed E-state index contributed by atoms with van der Waals surface area (Å²) in [5.41, 5.74) is 2.61. The molecule has 0 unspecified atom stereocenters. The molecule has 142 valence electrons. The van der Waals surface area contributed by atoms with Crippen molar-refractivity contribution in [2.75, 3.05) is 5.32 Å². The summed E-state index contributed by atoms with van der Waals surface area (Å²) in [4.78, 5) is 36.4. The second-order valence-corrected chi connectivity index (χ2v) is 6.60. The molecule has 3 amide bonds. The van der Waals surface area contributed by atoms with Crippen molar-refractivity contribution in [3.63, 3.8) is 0 Å². The van der Waals surface area contributed by atoms with Gasteiger partial charge in [-0.15, -0.1) is 0 Å². The number of carbonyl (C=O) groups is 3. The zero-order valence-electron chi connectivity index (χ0n) is 15.8. The maximum Gasteiger partial charge on any atom is 0.256 e. The highest BCUT2D eigenvalue weighted by molar-refractivity contribution is 6.11. The van der Waals surface area contributed by atoms with Gasteiger partial charge in [-0.2, -0.15) is 0 Å². The average Bonchev–Trinajstić information content (AvgIpc) is 2.65. The number of rotatable bonds is 7. The SMILES string of the molecule is CC(=O)N[C@H](C(=O)NCc1ccccc1)C(=O)Nc1ccc(C(C)C)cc1. The number of anilines is 1. The number of hydrogen-bond donors (Lipinski definition) is 3. The second-order valence-electron chi connectivity index (χ2n) is 6.60. The Hall–Kier alpha value is -3.15. The summed E-state index contributed by atoms with van der Waals surface area (Å²) >= 11 is 0. The van der Waals surface area contributed by atoms with Gasteiger partial charge in [-0.3, -0.25) is 14.4 Å². The molecule has 6 nitrogen and oxygen atoms in total. The fourth-order valence-electron chi connectivity index (χ4n) is 2.51. The lowest BCUT2D eigenvalue weighted by molar-refractivity contribution is -0.134. The van der Waals surface area contributed by atoms with Crippen LogP contribution in [0.3, 0.4) is 0 Å². The summed E-state index contributed by atoms with van der Waals surface area (Å²) in [5.74, 6) is -1.23. The number of benzene rings is 2. The van der Waals surface area contributed by atoms with Crippen LogP contribution in [-0.4, -0.2) is 23.8 Å². The molecule has 0 fully saturated rings. The Labute approximate surface area is 159 Å². The van der Waals surface area contributed by atoms with Crippen molar-refractivity contribution >= 4 is 23.4 Å². The van der Waals surface area contributed by atoms with E-state index in [2.05, 4.69) is 29.8 Å². The maximum atomic E-state index is 12.5. The first-order valence-corrected chi connectivity index (χ1v) is 8.86. The second kappa shape index (κ2) is 9.52. The molecule has 27 heavy (non-hydrogen) atoms. The first kappa shape index (κ1) is 20.2. The van der Waals surface area contributed by atoms with Gasteiger partial charge in [-0.1, -0.05) is 56.3 Å². The van der Waals surface area contributed by atoms with Crippen LogP contribution >= 0.6 is 0 Å². The highest BCUT2D eigenvalue weighted by Crippen LogP contribution is 2.17. The third-order valence-electron chi connectivity index (χ3n) is 4.03. The van der Waals surface area contributed by atoms with E-state index in [-0.39, 0.29) is 6.54 Å². The lowest BCUT2D eigenvalue weighted by Crippen LogP contribution is -2.52. The predicted molar refractivity (Wildman–Crippen MR) is 105 cm³/mol. The zero-order chi connectivity index (χ0) is 19.8. The minimum Gasteiger partial charge on any atom is -0.350 e. The number of amides is 3. The fraction of sp³-hybridized carbons (Fsp3) is 0.286. The average molecular weight is 367 g/mol. The Morgan fingerprint density at radius 2 is 1.52 bits per heavy atom. The monoisotopic (exact) mass is 367 g/mol.